The van der Waals surface area contributed by atoms with Gasteiger partial charge in [0, 0.05) is 18.2 Å². The number of methoxy groups -OCH3 is 2. The van der Waals surface area contributed by atoms with E-state index >= 15 is 0 Å². The van der Waals surface area contributed by atoms with Gasteiger partial charge in [-0.25, -0.2) is 8.42 Å². The molecule has 0 unspecified atom stereocenters. The van der Waals surface area contributed by atoms with E-state index in [0.29, 0.717) is 18.7 Å². The molecule has 8 heteroatoms. The topological polar surface area (TPSA) is 88.1 Å². The SMILES string of the molecule is COc1ccc(-c2ccc3c(c2)[C@@H]2[C@@H](CCN2S(=O)(=O)c2ccc(OC)cc2)[C@H](CO)N3)cc1. The van der Waals surface area contributed by atoms with E-state index in [1.54, 1.807) is 42.8 Å². The third kappa shape index (κ3) is 3.81. The van der Waals surface area contributed by atoms with Gasteiger partial charge in [0.1, 0.15) is 11.5 Å². The maximum absolute atomic E-state index is 13.7. The van der Waals surface area contributed by atoms with E-state index in [0.717, 1.165) is 28.1 Å². The van der Waals surface area contributed by atoms with Gasteiger partial charge in [-0.2, -0.15) is 4.31 Å². The molecule has 1 fully saturated rings. The molecule has 178 valence electrons. The lowest BCUT2D eigenvalue weighted by Crippen LogP contribution is -2.42. The van der Waals surface area contributed by atoms with Crippen molar-refractivity contribution in [1.82, 2.24) is 4.31 Å². The lowest BCUT2D eigenvalue weighted by Gasteiger charge is -2.39. The molecule has 0 spiro atoms. The molecule has 5 rings (SSSR count). The molecule has 7 nitrogen and oxygen atoms in total. The van der Waals surface area contributed by atoms with E-state index in [1.165, 1.54) is 0 Å². The van der Waals surface area contributed by atoms with Crippen LogP contribution in [0, 0.1) is 5.92 Å². The van der Waals surface area contributed by atoms with E-state index in [-0.39, 0.29) is 29.5 Å². The molecular formula is C26H28N2O5S. The minimum absolute atomic E-state index is 0.0309. The van der Waals surface area contributed by atoms with E-state index in [9.17, 15) is 13.5 Å². The number of fused-ring (bicyclic) bond motifs is 3. The molecule has 3 aromatic rings. The Balaban J connectivity index is 1.57. The smallest absolute Gasteiger partial charge is 0.243 e. The zero-order valence-electron chi connectivity index (χ0n) is 19.1. The highest BCUT2D eigenvalue weighted by Gasteiger charge is 2.48. The Morgan fingerprint density at radius 2 is 1.56 bits per heavy atom. The molecule has 0 radical (unpaired) electrons. The molecule has 0 amide bonds. The van der Waals surface area contributed by atoms with Crippen LogP contribution < -0.4 is 14.8 Å². The van der Waals surface area contributed by atoms with Crippen LogP contribution in [0.25, 0.3) is 11.1 Å². The Bertz CT molecular complexity index is 1280. The highest BCUT2D eigenvalue weighted by atomic mass is 32.2. The van der Waals surface area contributed by atoms with Crippen molar-refractivity contribution < 1.29 is 23.0 Å². The molecule has 2 N–H and O–H groups in total. The summed E-state index contributed by atoms with van der Waals surface area (Å²) in [5, 5.41) is 13.5. The van der Waals surface area contributed by atoms with Crippen molar-refractivity contribution in [1.29, 1.82) is 0 Å². The summed E-state index contributed by atoms with van der Waals surface area (Å²) in [7, 11) is -0.557. The number of nitrogens with one attached hydrogen (secondary N) is 1. The molecule has 34 heavy (non-hydrogen) atoms. The van der Waals surface area contributed by atoms with Gasteiger partial charge in [-0.1, -0.05) is 18.2 Å². The number of hydrogen-bond acceptors (Lipinski definition) is 6. The summed E-state index contributed by atoms with van der Waals surface area (Å²) in [5.41, 5.74) is 3.80. The largest absolute Gasteiger partial charge is 0.497 e. The summed E-state index contributed by atoms with van der Waals surface area (Å²) < 4.78 is 39.5. The molecular weight excluding hydrogens is 452 g/mol. The molecule has 2 heterocycles. The van der Waals surface area contributed by atoms with Crippen LogP contribution in [0.5, 0.6) is 11.5 Å². The second-order valence-electron chi connectivity index (χ2n) is 8.65. The van der Waals surface area contributed by atoms with Gasteiger partial charge in [-0.15, -0.1) is 0 Å². The monoisotopic (exact) mass is 480 g/mol. The minimum Gasteiger partial charge on any atom is -0.497 e. The number of nitrogens with zero attached hydrogens (tertiary/aromatic N) is 1. The average molecular weight is 481 g/mol. The van der Waals surface area contributed by atoms with Gasteiger partial charge >= 0.3 is 0 Å². The molecule has 2 aliphatic rings. The fraction of sp³-hybridized carbons (Fsp3) is 0.308. The molecule has 2 aliphatic heterocycles. The Labute approximate surface area is 200 Å². The second-order valence-corrected chi connectivity index (χ2v) is 10.5. The van der Waals surface area contributed by atoms with Gasteiger partial charge in [-0.05, 0) is 71.6 Å². The van der Waals surface area contributed by atoms with Gasteiger partial charge in [0.15, 0.2) is 0 Å². The van der Waals surface area contributed by atoms with Crippen LogP contribution in [0.1, 0.15) is 18.0 Å². The number of sulfonamides is 1. The van der Waals surface area contributed by atoms with Crippen molar-refractivity contribution in [3.8, 4) is 22.6 Å². The van der Waals surface area contributed by atoms with Crippen LogP contribution in [0.4, 0.5) is 5.69 Å². The number of hydrogen-bond donors (Lipinski definition) is 2. The lowest BCUT2D eigenvalue weighted by atomic mass is 9.82. The molecule has 1 saturated heterocycles. The van der Waals surface area contributed by atoms with Gasteiger partial charge in [0.25, 0.3) is 0 Å². The first-order valence-electron chi connectivity index (χ1n) is 11.3. The fourth-order valence-electron chi connectivity index (χ4n) is 5.14. The van der Waals surface area contributed by atoms with Crippen LogP contribution in [-0.4, -0.2) is 51.2 Å². The number of rotatable bonds is 6. The maximum atomic E-state index is 13.7. The van der Waals surface area contributed by atoms with Crippen LogP contribution in [0.2, 0.25) is 0 Å². The summed E-state index contributed by atoms with van der Waals surface area (Å²) in [5.74, 6) is 1.35. The van der Waals surface area contributed by atoms with E-state index in [4.69, 9.17) is 9.47 Å². The number of aliphatic hydroxyl groups excluding tert-OH is 1. The number of aliphatic hydroxyl groups is 1. The Morgan fingerprint density at radius 1 is 0.941 bits per heavy atom. The Hall–Kier alpha value is -3.07. The number of anilines is 1. The van der Waals surface area contributed by atoms with E-state index in [1.807, 2.05) is 36.4 Å². The number of ether oxygens (including phenoxy) is 2. The second kappa shape index (κ2) is 8.94. The van der Waals surface area contributed by atoms with Crippen molar-refractivity contribution in [3.63, 3.8) is 0 Å². The molecule has 3 atom stereocenters. The molecule has 0 bridgehead atoms. The van der Waals surface area contributed by atoms with Gasteiger partial charge in [-0.3, -0.25) is 0 Å². The molecule has 0 saturated carbocycles. The predicted molar refractivity (Wildman–Crippen MR) is 131 cm³/mol. The first kappa shape index (κ1) is 22.7. The van der Waals surface area contributed by atoms with Crippen molar-refractivity contribution in [3.05, 3.63) is 72.3 Å². The molecule has 0 aromatic heterocycles. The maximum Gasteiger partial charge on any atom is 0.243 e. The minimum atomic E-state index is -3.74. The van der Waals surface area contributed by atoms with Crippen LogP contribution >= 0.6 is 0 Å². The fourth-order valence-corrected chi connectivity index (χ4v) is 6.80. The van der Waals surface area contributed by atoms with Crippen LogP contribution in [0.3, 0.4) is 0 Å². The average Bonchev–Trinajstić information content (AvgIpc) is 3.34. The van der Waals surface area contributed by atoms with Gasteiger partial charge in [0.05, 0.1) is 37.8 Å². The van der Waals surface area contributed by atoms with Crippen molar-refractivity contribution in [2.24, 2.45) is 5.92 Å². The van der Waals surface area contributed by atoms with Crippen molar-refractivity contribution in [2.45, 2.75) is 23.4 Å². The first-order chi connectivity index (χ1) is 16.5. The highest BCUT2D eigenvalue weighted by molar-refractivity contribution is 7.89. The Kier molecular flexibility index (Phi) is 5.97. The normalized spacial score (nSPS) is 21.9. The van der Waals surface area contributed by atoms with E-state index < -0.39 is 10.0 Å². The predicted octanol–water partition coefficient (Wildman–Crippen LogP) is 3.91. The van der Waals surface area contributed by atoms with Gasteiger partial charge in [0.2, 0.25) is 10.0 Å². The lowest BCUT2D eigenvalue weighted by molar-refractivity contribution is 0.210. The number of benzene rings is 3. The summed E-state index contributed by atoms with van der Waals surface area (Å²) in [6, 6.07) is 19.8. The highest BCUT2D eigenvalue weighted by Crippen LogP contribution is 2.49. The Morgan fingerprint density at radius 3 is 2.18 bits per heavy atom. The zero-order valence-corrected chi connectivity index (χ0v) is 20.0. The van der Waals surface area contributed by atoms with Crippen LogP contribution in [0.15, 0.2) is 71.6 Å². The van der Waals surface area contributed by atoms with Crippen molar-refractivity contribution in [2.75, 3.05) is 32.7 Å². The van der Waals surface area contributed by atoms with Gasteiger partial charge < -0.3 is 19.9 Å². The summed E-state index contributed by atoms with van der Waals surface area (Å²) >= 11 is 0. The summed E-state index contributed by atoms with van der Waals surface area (Å²) in [6.45, 7) is 0.339. The first-order valence-corrected chi connectivity index (χ1v) is 12.7. The van der Waals surface area contributed by atoms with Crippen LogP contribution in [-0.2, 0) is 10.0 Å². The summed E-state index contributed by atoms with van der Waals surface area (Å²) in [4.78, 5) is 0.237. The summed E-state index contributed by atoms with van der Waals surface area (Å²) in [6.07, 6.45) is 0.671. The standard InChI is InChI=1S/C26H28N2O5S/c1-32-19-6-3-17(4-7-19)18-5-12-24-23(15-18)26-22(25(16-29)27-24)13-14-28(26)34(30,31)21-10-8-20(33-2)9-11-21/h3-12,15,22,25-27,29H,13-14,16H2,1-2H3/t22-,25-,26-/m0/s1. The molecule has 0 aliphatic carbocycles. The zero-order chi connectivity index (χ0) is 23.9. The quantitative estimate of drug-likeness (QED) is 0.556. The van der Waals surface area contributed by atoms with E-state index in [2.05, 4.69) is 11.4 Å². The third-order valence-electron chi connectivity index (χ3n) is 6.91. The molecule has 3 aromatic carbocycles. The van der Waals surface area contributed by atoms with Crippen molar-refractivity contribution >= 4 is 15.7 Å². The third-order valence-corrected chi connectivity index (χ3v) is 8.81.